The van der Waals surface area contributed by atoms with Crippen molar-refractivity contribution in [1.82, 2.24) is 4.90 Å². The Kier molecular flexibility index (Phi) is 3.59. The van der Waals surface area contributed by atoms with E-state index in [2.05, 4.69) is 0 Å². The lowest BCUT2D eigenvalue weighted by molar-refractivity contribution is -0.190. The summed E-state index contributed by atoms with van der Waals surface area (Å²) < 4.78 is 37.2. The summed E-state index contributed by atoms with van der Waals surface area (Å²) in [4.78, 5) is 12.0. The zero-order valence-corrected chi connectivity index (χ0v) is 8.42. The van der Waals surface area contributed by atoms with Crippen LogP contribution in [0, 0.1) is 5.92 Å². The fourth-order valence-corrected chi connectivity index (χ4v) is 1.78. The van der Waals surface area contributed by atoms with Gasteiger partial charge < -0.3 is 5.11 Å². The third kappa shape index (κ3) is 3.09. The van der Waals surface area contributed by atoms with E-state index in [0.717, 1.165) is 0 Å². The highest BCUT2D eigenvalue weighted by Crippen LogP contribution is 2.33. The molecule has 2 atom stereocenters. The second-order valence-corrected chi connectivity index (χ2v) is 3.89. The van der Waals surface area contributed by atoms with Gasteiger partial charge in [-0.15, -0.1) is 0 Å². The van der Waals surface area contributed by atoms with Crippen LogP contribution in [0.3, 0.4) is 0 Å². The fourth-order valence-electron chi connectivity index (χ4n) is 1.78. The van der Waals surface area contributed by atoms with Gasteiger partial charge in [0.1, 0.15) is 6.04 Å². The van der Waals surface area contributed by atoms with Crippen molar-refractivity contribution in [3.8, 4) is 0 Å². The van der Waals surface area contributed by atoms with E-state index in [1.165, 1.54) is 11.8 Å². The minimum absolute atomic E-state index is 0.104. The van der Waals surface area contributed by atoms with Gasteiger partial charge in [0.05, 0.1) is 5.92 Å². The average molecular weight is 225 g/mol. The topological polar surface area (TPSA) is 40.5 Å². The van der Waals surface area contributed by atoms with E-state index < -0.39 is 24.1 Å². The van der Waals surface area contributed by atoms with Gasteiger partial charge >= 0.3 is 12.1 Å². The van der Waals surface area contributed by atoms with Crippen molar-refractivity contribution in [2.75, 3.05) is 13.1 Å². The maximum atomic E-state index is 12.4. The lowest BCUT2D eigenvalue weighted by Crippen LogP contribution is -2.48. The van der Waals surface area contributed by atoms with E-state index in [-0.39, 0.29) is 13.0 Å². The molecule has 0 spiro atoms. The molecule has 3 nitrogen and oxygen atoms in total. The normalized spacial score (nSPS) is 26.3. The van der Waals surface area contributed by atoms with Crippen molar-refractivity contribution in [2.24, 2.45) is 5.92 Å². The number of alkyl halides is 3. The smallest absolute Gasteiger partial charge is 0.393 e. The number of halogens is 3. The van der Waals surface area contributed by atoms with Crippen LogP contribution in [0.25, 0.3) is 0 Å². The van der Waals surface area contributed by atoms with Crippen LogP contribution in [0.1, 0.15) is 19.8 Å². The maximum absolute atomic E-state index is 12.4. The first-order chi connectivity index (χ1) is 6.82. The van der Waals surface area contributed by atoms with Crippen molar-refractivity contribution >= 4 is 5.97 Å². The number of piperidine rings is 1. The van der Waals surface area contributed by atoms with E-state index >= 15 is 0 Å². The third-order valence-corrected chi connectivity index (χ3v) is 2.82. The first kappa shape index (κ1) is 12.3. The van der Waals surface area contributed by atoms with Crippen LogP contribution in [0.2, 0.25) is 0 Å². The summed E-state index contributed by atoms with van der Waals surface area (Å²) in [5, 5.41) is 8.70. The number of carboxylic acid groups (broad SMARTS) is 1. The van der Waals surface area contributed by atoms with Crippen LogP contribution in [-0.2, 0) is 4.79 Å². The molecule has 1 fully saturated rings. The maximum Gasteiger partial charge on any atom is 0.393 e. The summed E-state index contributed by atoms with van der Waals surface area (Å²) in [6.45, 7) is 1.65. The molecule has 1 saturated heterocycles. The van der Waals surface area contributed by atoms with Gasteiger partial charge in [-0.1, -0.05) is 0 Å². The van der Waals surface area contributed by atoms with Crippen LogP contribution in [0.4, 0.5) is 13.2 Å². The number of rotatable bonds is 2. The van der Waals surface area contributed by atoms with Gasteiger partial charge in [0.25, 0.3) is 0 Å². The van der Waals surface area contributed by atoms with E-state index in [4.69, 9.17) is 5.11 Å². The quantitative estimate of drug-likeness (QED) is 0.778. The molecule has 0 aromatic rings. The molecule has 0 aliphatic carbocycles. The number of hydrogen-bond donors (Lipinski definition) is 1. The minimum atomic E-state index is -4.21. The second-order valence-electron chi connectivity index (χ2n) is 3.89. The summed E-state index contributed by atoms with van der Waals surface area (Å²) in [6, 6.07) is -0.838. The molecule has 1 heterocycles. The fraction of sp³-hybridized carbons (Fsp3) is 0.889. The number of carbonyl (C=O) groups is 1. The zero-order chi connectivity index (χ0) is 11.6. The Morgan fingerprint density at radius 2 is 2.13 bits per heavy atom. The molecule has 1 aliphatic rings. The summed E-state index contributed by atoms with van der Waals surface area (Å²) >= 11 is 0. The first-order valence-electron chi connectivity index (χ1n) is 4.86. The Morgan fingerprint density at radius 1 is 1.53 bits per heavy atom. The Labute approximate surface area is 85.9 Å². The van der Waals surface area contributed by atoms with E-state index in [0.29, 0.717) is 13.0 Å². The molecule has 0 aromatic heterocycles. The molecule has 0 radical (unpaired) electrons. The van der Waals surface area contributed by atoms with Gasteiger partial charge in [0, 0.05) is 6.54 Å². The Bertz CT molecular complexity index is 242. The third-order valence-electron chi connectivity index (χ3n) is 2.82. The van der Waals surface area contributed by atoms with Gasteiger partial charge in [-0.05, 0) is 26.3 Å². The highest BCUT2D eigenvalue weighted by atomic mass is 19.4. The molecule has 1 N–H and O–H groups in total. The summed E-state index contributed by atoms with van der Waals surface area (Å²) in [5.41, 5.74) is 0. The summed E-state index contributed by atoms with van der Waals surface area (Å²) in [6.07, 6.45) is -3.70. The molecule has 1 aliphatic heterocycles. The van der Waals surface area contributed by atoms with Crippen LogP contribution in [0.15, 0.2) is 0 Å². The number of hydrogen-bond acceptors (Lipinski definition) is 2. The molecular formula is C9H14F3NO2. The van der Waals surface area contributed by atoms with E-state index in [1.54, 1.807) is 0 Å². The molecule has 0 amide bonds. The van der Waals surface area contributed by atoms with Crippen LogP contribution >= 0.6 is 0 Å². The van der Waals surface area contributed by atoms with Crippen molar-refractivity contribution in [1.29, 1.82) is 0 Å². The largest absolute Gasteiger partial charge is 0.480 e. The Hall–Kier alpha value is -0.780. The number of aliphatic carboxylic acids is 1. The second kappa shape index (κ2) is 4.38. The number of nitrogens with zero attached hydrogens (tertiary/aromatic N) is 1. The molecule has 15 heavy (non-hydrogen) atoms. The van der Waals surface area contributed by atoms with Crippen molar-refractivity contribution < 1.29 is 23.1 Å². The predicted octanol–water partition coefficient (Wildman–Crippen LogP) is 1.73. The first-order valence-corrected chi connectivity index (χ1v) is 4.86. The average Bonchev–Trinajstić information content (AvgIpc) is 2.15. The predicted molar refractivity (Wildman–Crippen MR) is 47.4 cm³/mol. The van der Waals surface area contributed by atoms with Gasteiger partial charge in [-0.2, -0.15) is 13.2 Å². The SMILES string of the molecule is C[C@H](C(=O)O)N1CCC[C@@H](C(F)(F)F)C1. The van der Waals surface area contributed by atoms with Crippen LogP contribution in [-0.4, -0.2) is 41.3 Å². The molecular weight excluding hydrogens is 211 g/mol. The van der Waals surface area contributed by atoms with Crippen molar-refractivity contribution in [3.63, 3.8) is 0 Å². The van der Waals surface area contributed by atoms with Gasteiger partial charge in [0.2, 0.25) is 0 Å². The van der Waals surface area contributed by atoms with E-state index in [9.17, 15) is 18.0 Å². The molecule has 88 valence electrons. The van der Waals surface area contributed by atoms with Gasteiger partial charge in [-0.3, -0.25) is 9.69 Å². The molecule has 0 unspecified atom stereocenters. The Morgan fingerprint density at radius 3 is 2.60 bits per heavy atom. The molecule has 1 rings (SSSR count). The van der Waals surface area contributed by atoms with Crippen LogP contribution < -0.4 is 0 Å². The number of likely N-dealkylation sites (tertiary alicyclic amines) is 1. The summed E-state index contributed by atoms with van der Waals surface area (Å²) in [5.74, 6) is -2.45. The summed E-state index contributed by atoms with van der Waals surface area (Å²) in [7, 11) is 0. The highest BCUT2D eigenvalue weighted by molar-refractivity contribution is 5.72. The Balaban J connectivity index is 2.60. The van der Waals surface area contributed by atoms with E-state index in [1.807, 2.05) is 0 Å². The number of carboxylic acids is 1. The molecule has 6 heteroatoms. The van der Waals surface area contributed by atoms with Crippen molar-refractivity contribution in [2.45, 2.75) is 32.0 Å². The zero-order valence-electron chi connectivity index (χ0n) is 8.42. The van der Waals surface area contributed by atoms with Crippen LogP contribution in [0.5, 0.6) is 0 Å². The lowest BCUT2D eigenvalue weighted by Gasteiger charge is -2.35. The van der Waals surface area contributed by atoms with Gasteiger partial charge in [-0.25, -0.2) is 0 Å². The molecule has 0 bridgehead atoms. The van der Waals surface area contributed by atoms with Crippen molar-refractivity contribution in [3.05, 3.63) is 0 Å². The molecule has 0 aromatic carbocycles. The lowest BCUT2D eigenvalue weighted by atomic mass is 9.96. The molecule has 0 saturated carbocycles. The highest BCUT2D eigenvalue weighted by Gasteiger charge is 2.43. The monoisotopic (exact) mass is 225 g/mol. The standard InChI is InChI=1S/C9H14F3NO2/c1-6(8(14)15)13-4-2-3-7(5-13)9(10,11)12/h6-7H,2-5H2,1H3,(H,14,15)/t6-,7-/m1/s1. The van der Waals surface area contributed by atoms with Gasteiger partial charge in [0.15, 0.2) is 0 Å². The minimum Gasteiger partial charge on any atom is -0.480 e.